The lowest BCUT2D eigenvalue weighted by Gasteiger charge is -2.07. The van der Waals surface area contributed by atoms with Crippen LogP contribution in [0.4, 0.5) is 5.69 Å². The summed E-state index contributed by atoms with van der Waals surface area (Å²) in [4.78, 5) is 10.6. The Morgan fingerprint density at radius 3 is 2.85 bits per heavy atom. The molecule has 0 saturated carbocycles. The summed E-state index contributed by atoms with van der Waals surface area (Å²) in [5, 5.41) is 22.0. The van der Waals surface area contributed by atoms with E-state index in [2.05, 4.69) is 15.3 Å². The van der Waals surface area contributed by atoms with Crippen LogP contribution in [0.5, 0.6) is 11.5 Å². The number of ether oxygens (including phenoxy) is 2. The summed E-state index contributed by atoms with van der Waals surface area (Å²) in [6.07, 6.45) is 1.36. The molecular weight excluding hydrogens is 370 g/mol. The number of hydrogen-bond acceptors (Lipinski definition) is 7. The van der Waals surface area contributed by atoms with Crippen molar-refractivity contribution < 1.29 is 14.4 Å². The van der Waals surface area contributed by atoms with Crippen LogP contribution < -0.4 is 9.47 Å². The average Bonchev–Trinajstić information content (AvgIpc) is 3.04. The minimum atomic E-state index is -0.469. The molecule has 1 heterocycles. The molecule has 3 aromatic rings. The number of nitrogens with one attached hydrogen (secondary N) is 1. The molecule has 0 saturated heterocycles. The molecule has 0 spiro atoms. The summed E-state index contributed by atoms with van der Waals surface area (Å²) in [6, 6.07) is 13.4. The van der Waals surface area contributed by atoms with Crippen LogP contribution in [0.15, 0.2) is 53.6 Å². The number of benzene rings is 2. The Morgan fingerprint density at radius 1 is 1.30 bits per heavy atom. The van der Waals surface area contributed by atoms with E-state index in [0.29, 0.717) is 22.9 Å². The number of para-hydroxylation sites is 1. The molecule has 1 aromatic heterocycles. The number of nitrogens with zero attached hydrogens (tertiary/aromatic N) is 4. The van der Waals surface area contributed by atoms with E-state index >= 15 is 0 Å². The third-order valence-corrected chi connectivity index (χ3v) is 3.84. The molecular formula is C17H15N5O4S. The first kappa shape index (κ1) is 18.3. The van der Waals surface area contributed by atoms with E-state index in [-0.39, 0.29) is 17.1 Å². The number of hydrogen-bond donors (Lipinski definition) is 1. The molecule has 27 heavy (non-hydrogen) atoms. The van der Waals surface area contributed by atoms with Gasteiger partial charge in [0.2, 0.25) is 4.77 Å². The molecule has 3 rings (SSSR count). The fraction of sp³-hybridized carbons (Fsp3) is 0.118. The maximum atomic E-state index is 11.1. The second kappa shape index (κ2) is 8.23. The molecule has 0 radical (unpaired) electrons. The Hall–Kier alpha value is -3.53. The maximum Gasteiger partial charge on any atom is 0.278 e. The maximum absolute atomic E-state index is 11.1. The van der Waals surface area contributed by atoms with Crippen molar-refractivity contribution in [2.24, 2.45) is 5.10 Å². The predicted molar refractivity (Wildman–Crippen MR) is 101 cm³/mol. The van der Waals surface area contributed by atoms with Crippen molar-refractivity contribution in [2.75, 3.05) is 7.11 Å². The molecule has 0 bridgehead atoms. The minimum Gasteiger partial charge on any atom is -0.497 e. The van der Waals surface area contributed by atoms with E-state index in [0.717, 1.165) is 0 Å². The van der Waals surface area contributed by atoms with E-state index in [9.17, 15) is 10.1 Å². The topological polar surface area (TPSA) is 108 Å². The first-order valence-electron chi connectivity index (χ1n) is 7.79. The van der Waals surface area contributed by atoms with Crippen LogP contribution in [0.1, 0.15) is 11.4 Å². The van der Waals surface area contributed by atoms with Gasteiger partial charge in [0.25, 0.3) is 5.69 Å². The zero-order valence-electron chi connectivity index (χ0n) is 14.2. The SMILES string of the molecule is COc1cccc(OCc2n[nH]c(=S)n2/N=C\c2ccccc2[N+](=O)[O-])c1. The van der Waals surface area contributed by atoms with Crippen LogP contribution >= 0.6 is 12.2 Å². The second-order valence-electron chi connectivity index (χ2n) is 5.28. The van der Waals surface area contributed by atoms with Crippen molar-refractivity contribution in [1.29, 1.82) is 0 Å². The Balaban J connectivity index is 1.81. The van der Waals surface area contributed by atoms with Crippen LogP contribution in [-0.2, 0) is 6.61 Å². The van der Waals surface area contributed by atoms with Gasteiger partial charge in [-0.15, -0.1) is 0 Å². The molecule has 0 atom stereocenters. The smallest absolute Gasteiger partial charge is 0.278 e. The highest BCUT2D eigenvalue weighted by molar-refractivity contribution is 7.71. The standard InChI is InChI=1S/C17H15N5O4S/c1-25-13-6-4-7-14(9-13)26-11-16-19-20-17(27)21(16)18-10-12-5-2-3-8-15(12)22(23)24/h2-10H,11H2,1H3,(H,20,27)/b18-10-. The second-order valence-corrected chi connectivity index (χ2v) is 5.67. The zero-order valence-corrected chi connectivity index (χ0v) is 15.0. The molecule has 0 aliphatic heterocycles. The molecule has 9 nitrogen and oxygen atoms in total. The molecule has 138 valence electrons. The van der Waals surface area contributed by atoms with Crippen molar-refractivity contribution >= 4 is 24.1 Å². The van der Waals surface area contributed by atoms with Gasteiger partial charge >= 0.3 is 0 Å². The van der Waals surface area contributed by atoms with Gasteiger partial charge in [-0.3, -0.25) is 10.1 Å². The van der Waals surface area contributed by atoms with Gasteiger partial charge in [-0.05, 0) is 30.4 Å². The summed E-state index contributed by atoms with van der Waals surface area (Å²) < 4.78 is 12.4. The van der Waals surface area contributed by atoms with E-state index in [1.807, 2.05) is 0 Å². The zero-order chi connectivity index (χ0) is 19.2. The Morgan fingerprint density at radius 2 is 2.07 bits per heavy atom. The summed E-state index contributed by atoms with van der Waals surface area (Å²) in [5.41, 5.74) is 0.302. The Kier molecular flexibility index (Phi) is 5.57. The molecule has 0 fully saturated rings. The Labute approximate surface area is 159 Å². The fourth-order valence-electron chi connectivity index (χ4n) is 2.26. The average molecular weight is 385 g/mol. The van der Waals surface area contributed by atoms with Gasteiger partial charge in [0.05, 0.1) is 23.8 Å². The highest BCUT2D eigenvalue weighted by Crippen LogP contribution is 2.20. The number of aromatic nitrogens is 3. The van der Waals surface area contributed by atoms with Gasteiger partial charge in [0.1, 0.15) is 18.1 Å². The van der Waals surface area contributed by atoms with Gasteiger partial charge in [0.15, 0.2) is 5.82 Å². The summed E-state index contributed by atoms with van der Waals surface area (Å²) in [5.74, 6) is 1.68. The largest absolute Gasteiger partial charge is 0.497 e. The summed E-state index contributed by atoms with van der Waals surface area (Å²) in [7, 11) is 1.57. The lowest BCUT2D eigenvalue weighted by molar-refractivity contribution is -0.385. The molecule has 2 aromatic carbocycles. The third-order valence-electron chi connectivity index (χ3n) is 3.57. The monoisotopic (exact) mass is 385 g/mol. The fourth-order valence-corrected chi connectivity index (χ4v) is 2.46. The highest BCUT2D eigenvalue weighted by Gasteiger charge is 2.11. The first-order chi connectivity index (χ1) is 13.1. The van der Waals surface area contributed by atoms with Crippen LogP contribution in [-0.4, -0.2) is 33.1 Å². The molecule has 0 aliphatic carbocycles. The molecule has 0 unspecified atom stereocenters. The van der Waals surface area contributed by atoms with E-state index < -0.39 is 4.92 Å². The number of nitro benzene ring substituents is 1. The van der Waals surface area contributed by atoms with Gasteiger partial charge in [-0.25, -0.2) is 5.10 Å². The number of aromatic amines is 1. The third kappa shape index (κ3) is 4.36. The van der Waals surface area contributed by atoms with Crippen molar-refractivity contribution in [3.05, 3.63) is 74.8 Å². The van der Waals surface area contributed by atoms with Crippen LogP contribution in [0, 0.1) is 14.9 Å². The van der Waals surface area contributed by atoms with Gasteiger partial charge in [-0.1, -0.05) is 18.2 Å². The van der Waals surface area contributed by atoms with Crippen molar-refractivity contribution in [3.8, 4) is 11.5 Å². The number of methoxy groups -OCH3 is 1. The van der Waals surface area contributed by atoms with E-state index in [1.165, 1.54) is 17.0 Å². The number of nitro groups is 1. The number of H-pyrrole nitrogens is 1. The summed E-state index contributed by atoms with van der Waals surface area (Å²) >= 11 is 5.16. The molecule has 1 N–H and O–H groups in total. The molecule has 10 heteroatoms. The van der Waals surface area contributed by atoms with Crippen LogP contribution in [0.25, 0.3) is 0 Å². The van der Waals surface area contributed by atoms with Crippen molar-refractivity contribution in [2.45, 2.75) is 6.61 Å². The minimum absolute atomic E-state index is 0.0505. The Bertz CT molecular complexity index is 1040. The van der Waals surface area contributed by atoms with Crippen molar-refractivity contribution in [3.63, 3.8) is 0 Å². The normalized spacial score (nSPS) is 10.9. The predicted octanol–water partition coefficient (Wildman–Crippen LogP) is 3.32. The lowest BCUT2D eigenvalue weighted by Crippen LogP contribution is -2.04. The lowest BCUT2D eigenvalue weighted by atomic mass is 10.2. The molecule has 0 aliphatic rings. The highest BCUT2D eigenvalue weighted by atomic mass is 32.1. The van der Waals surface area contributed by atoms with Crippen LogP contribution in [0.2, 0.25) is 0 Å². The van der Waals surface area contributed by atoms with E-state index in [4.69, 9.17) is 21.7 Å². The van der Waals surface area contributed by atoms with Gasteiger partial charge < -0.3 is 9.47 Å². The molecule has 0 amide bonds. The van der Waals surface area contributed by atoms with Gasteiger partial charge in [-0.2, -0.15) is 14.9 Å². The van der Waals surface area contributed by atoms with Crippen molar-refractivity contribution in [1.82, 2.24) is 14.9 Å². The van der Waals surface area contributed by atoms with Crippen LogP contribution in [0.3, 0.4) is 0 Å². The quantitative estimate of drug-likeness (QED) is 0.289. The summed E-state index contributed by atoms with van der Waals surface area (Å²) in [6.45, 7) is 0.0918. The number of rotatable bonds is 7. The van der Waals surface area contributed by atoms with E-state index in [1.54, 1.807) is 49.6 Å². The van der Waals surface area contributed by atoms with Gasteiger partial charge in [0, 0.05) is 12.1 Å². The first-order valence-corrected chi connectivity index (χ1v) is 8.20.